The third-order valence-corrected chi connectivity index (χ3v) is 2.69. The second-order valence-electron chi connectivity index (χ2n) is 4.00. The average Bonchev–Trinajstić information content (AvgIpc) is 2.45. The van der Waals surface area contributed by atoms with Crippen LogP contribution in [0.3, 0.4) is 0 Å². The summed E-state index contributed by atoms with van der Waals surface area (Å²) in [6.45, 7) is 3.16. The summed E-state index contributed by atoms with van der Waals surface area (Å²) < 4.78 is 10.2. The molecular weight excluding hydrogens is 234 g/mol. The smallest absolute Gasteiger partial charge is 0.356 e. The fourth-order valence-corrected chi connectivity index (χ4v) is 1.74. The molecule has 6 nitrogen and oxygen atoms in total. The van der Waals surface area contributed by atoms with Crippen molar-refractivity contribution in [2.45, 2.75) is 6.10 Å². The van der Waals surface area contributed by atoms with Crippen LogP contribution >= 0.6 is 0 Å². The van der Waals surface area contributed by atoms with Crippen molar-refractivity contribution in [1.29, 1.82) is 0 Å². The van der Waals surface area contributed by atoms with Gasteiger partial charge >= 0.3 is 5.97 Å². The fourth-order valence-electron chi connectivity index (χ4n) is 1.74. The molecule has 0 amide bonds. The van der Waals surface area contributed by atoms with E-state index in [2.05, 4.69) is 20.4 Å². The van der Waals surface area contributed by atoms with Crippen LogP contribution in [0.2, 0.25) is 0 Å². The summed E-state index contributed by atoms with van der Waals surface area (Å²) >= 11 is 0. The first kappa shape index (κ1) is 12.8. The molecule has 98 valence electrons. The summed E-state index contributed by atoms with van der Waals surface area (Å²) in [6, 6.07) is 3.48. The van der Waals surface area contributed by atoms with E-state index in [-0.39, 0.29) is 6.10 Å². The van der Waals surface area contributed by atoms with Crippen LogP contribution in [0, 0.1) is 0 Å². The molecule has 1 saturated heterocycles. The van der Waals surface area contributed by atoms with Gasteiger partial charge in [-0.25, -0.2) is 9.78 Å². The number of nitrogens with zero attached hydrogens (tertiary/aromatic N) is 1. The molecular formula is C12H17N3O3. The van der Waals surface area contributed by atoms with E-state index in [9.17, 15) is 4.79 Å². The van der Waals surface area contributed by atoms with Crippen LogP contribution < -0.4 is 10.6 Å². The Morgan fingerprint density at radius 1 is 1.72 bits per heavy atom. The number of rotatable bonds is 4. The number of methoxy groups -OCH3 is 1. The van der Waals surface area contributed by atoms with Crippen molar-refractivity contribution in [3.05, 3.63) is 24.0 Å². The first-order chi connectivity index (χ1) is 8.79. The van der Waals surface area contributed by atoms with Gasteiger partial charge in [0.2, 0.25) is 0 Å². The Hall–Kier alpha value is -1.66. The van der Waals surface area contributed by atoms with Crippen LogP contribution in [0.15, 0.2) is 18.3 Å². The Morgan fingerprint density at radius 3 is 3.33 bits per heavy atom. The number of esters is 1. The minimum Gasteiger partial charge on any atom is -0.464 e. The van der Waals surface area contributed by atoms with E-state index in [0.29, 0.717) is 12.2 Å². The molecule has 1 aliphatic rings. The maximum absolute atomic E-state index is 11.3. The van der Waals surface area contributed by atoms with Crippen LogP contribution in [0.25, 0.3) is 0 Å². The van der Waals surface area contributed by atoms with E-state index in [0.717, 1.165) is 25.4 Å². The number of ether oxygens (including phenoxy) is 2. The second kappa shape index (κ2) is 6.32. The first-order valence-corrected chi connectivity index (χ1v) is 5.90. The molecule has 0 aromatic carbocycles. The summed E-state index contributed by atoms with van der Waals surface area (Å²) in [5.41, 5.74) is 1.13. The molecule has 1 aromatic heterocycles. The van der Waals surface area contributed by atoms with E-state index in [4.69, 9.17) is 4.74 Å². The van der Waals surface area contributed by atoms with Gasteiger partial charge < -0.3 is 20.1 Å². The van der Waals surface area contributed by atoms with Gasteiger partial charge in [-0.3, -0.25) is 0 Å². The van der Waals surface area contributed by atoms with E-state index in [1.54, 1.807) is 12.3 Å². The number of morpholine rings is 1. The molecule has 0 saturated carbocycles. The van der Waals surface area contributed by atoms with Crippen LogP contribution in [-0.4, -0.2) is 50.4 Å². The quantitative estimate of drug-likeness (QED) is 0.748. The standard InChI is InChI=1S/C12H17N3O3/c1-17-12(16)11-6-9(2-3-14-11)15-8-10-7-13-4-5-18-10/h2-3,6,10,13H,4-5,7-8H2,1H3,(H,14,15). The molecule has 2 heterocycles. The number of nitrogens with one attached hydrogen (secondary N) is 2. The zero-order chi connectivity index (χ0) is 12.8. The third kappa shape index (κ3) is 3.41. The molecule has 1 fully saturated rings. The summed E-state index contributed by atoms with van der Waals surface area (Å²) in [4.78, 5) is 15.3. The molecule has 1 aliphatic heterocycles. The maximum atomic E-state index is 11.3. The number of hydrogen-bond acceptors (Lipinski definition) is 6. The molecule has 0 aliphatic carbocycles. The number of carbonyl (C=O) groups is 1. The molecule has 2 N–H and O–H groups in total. The molecule has 1 aromatic rings. The van der Waals surface area contributed by atoms with Gasteiger partial charge in [0.05, 0.1) is 19.8 Å². The van der Waals surface area contributed by atoms with Gasteiger partial charge in [0.25, 0.3) is 0 Å². The summed E-state index contributed by atoms with van der Waals surface area (Å²) in [5.74, 6) is -0.436. The SMILES string of the molecule is COC(=O)c1cc(NCC2CNCCO2)ccn1. The topological polar surface area (TPSA) is 72.5 Å². The van der Waals surface area contributed by atoms with Crippen molar-refractivity contribution in [2.24, 2.45) is 0 Å². The van der Waals surface area contributed by atoms with Crippen molar-refractivity contribution < 1.29 is 14.3 Å². The van der Waals surface area contributed by atoms with E-state index < -0.39 is 5.97 Å². The monoisotopic (exact) mass is 251 g/mol. The van der Waals surface area contributed by atoms with Crippen LogP contribution in [0.4, 0.5) is 5.69 Å². The minimum atomic E-state index is -0.436. The van der Waals surface area contributed by atoms with Crippen molar-refractivity contribution in [2.75, 3.05) is 38.7 Å². The van der Waals surface area contributed by atoms with Crippen molar-refractivity contribution >= 4 is 11.7 Å². The molecule has 1 unspecified atom stereocenters. The Morgan fingerprint density at radius 2 is 2.61 bits per heavy atom. The lowest BCUT2D eigenvalue weighted by Crippen LogP contribution is -2.42. The Bertz CT molecular complexity index is 405. The van der Waals surface area contributed by atoms with Crippen LogP contribution in [-0.2, 0) is 9.47 Å². The summed E-state index contributed by atoms with van der Waals surface area (Å²) in [5, 5.41) is 6.48. The van der Waals surface area contributed by atoms with Gasteiger partial charge in [-0.15, -0.1) is 0 Å². The summed E-state index contributed by atoms with van der Waals surface area (Å²) in [6.07, 6.45) is 1.72. The van der Waals surface area contributed by atoms with Gasteiger partial charge in [-0.2, -0.15) is 0 Å². The first-order valence-electron chi connectivity index (χ1n) is 5.90. The molecule has 2 rings (SSSR count). The highest BCUT2D eigenvalue weighted by atomic mass is 16.5. The maximum Gasteiger partial charge on any atom is 0.356 e. The van der Waals surface area contributed by atoms with Gasteiger partial charge in [0.1, 0.15) is 5.69 Å². The normalized spacial score (nSPS) is 19.3. The highest BCUT2D eigenvalue weighted by Gasteiger charge is 2.13. The lowest BCUT2D eigenvalue weighted by molar-refractivity contribution is 0.0372. The predicted octanol–water partition coefficient (Wildman–Crippen LogP) is 0.268. The predicted molar refractivity (Wildman–Crippen MR) is 66.7 cm³/mol. The Labute approximate surface area is 106 Å². The van der Waals surface area contributed by atoms with E-state index in [1.165, 1.54) is 7.11 Å². The van der Waals surface area contributed by atoms with Gasteiger partial charge in [0.15, 0.2) is 0 Å². The van der Waals surface area contributed by atoms with Gasteiger partial charge in [-0.1, -0.05) is 0 Å². The molecule has 0 spiro atoms. The van der Waals surface area contributed by atoms with E-state index in [1.807, 2.05) is 6.07 Å². The van der Waals surface area contributed by atoms with Gasteiger partial charge in [-0.05, 0) is 12.1 Å². The Balaban J connectivity index is 1.90. The minimum absolute atomic E-state index is 0.147. The third-order valence-electron chi connectivity index (χ3n) is 2.69. The Kier molecular flexibility index (Phi) is 4.49. The fraction of sp³-hybridized carbons (Fsp3) is 0.500. The number of aromatic nitrogens is 1. The highest BCUT2D eigenvalue weighted by molar-refractivity contribution is 5.88. The second-order valence-corrected chi connectivity index (χ2v) is 4.00. The molecule has 1 atom stereocenters. The molecule has 18 heavy (non-hydrogen) atoms. The van der Waals surface area contributed by atoms with Crippen LogP contribution in [0.5, 0.6) is 0 Å². The number of anilines is 1. The van der Waals surface area contributed by atoms with E-state index >= 15 is 0 Å². The van der Waals surface area contributed by atoms with Crippen molar-refractivity contribution in [1.82, 2.24) is 10.3 Å². The summed E-state index contributed by atoms with van der Waals surface area (Å²) in [7, 11) is 1.34. The van der Waals surface area contributed by atoms with Crippen LogP contribution in [0.1, 0.15) is 10.5 Å². The molecule has 0 radical (unpaired) electrons. The zero-order valence-electron chi connectivity index (χ0n) is 10.3. The highest BCUT2D eigenvalue weighted by Crippen LogP contribution is 2.09. The van der Waals surface area contributed by atoms with Gasteiger partial charge in [0, 0.05) is 31.5 Å². The molecule has 0 bridgehead atoms. The number of carbonyl (C=O) groups excluding carboxylic acids is 1. The lowest BCUT2D eigenvalue weighted by Gasteiger charge is -2.24. The largest absolute Gasteiger partial charge is 0.464 e. The number of pyridine rings is 1. The average molecular weight is 251 g/mol. The van der Waals surface area contributed by atoms with Crippen molar-refractivity contribution in [3.8, 4) is 0 Å². The molecule has 6 heteroatoms. The lowest BCUT2D eigenvalue weighted by atomic mass is 10.2. The van der Waals surface area contributed by atoms with Crippen molar-refractivity contribution in [3.63, 3.8) is 0 Å². The zero-order valence-corrected chi connectivity index (χ0v) is 10.3. The number of hydrogen-bond donors (Lipinski definition) is 2.